The summed E-state index contributed by atoms with van der Waals surface area (Å²) in [5.74, 6) is -0.664. The van der Waals surface area contributed by atoms with E-state index in [2.05, 4.69) is 15.0 Å². The summed E-state index contributed by atoms with van der Waals surface area (Å²) in [6.07, 6.45) is 5.42. The van der Waals surface area contributed by atoms with Crippen molar-refractivity contribution in [2.24, 2.45) is 0 Å². The molecule has 1 aliphatic heterocycles. The van der Waals surface area contributed by atoms with Gasteiger partial charge in [0, 0.05) is 41.6 Å². The number of esters is 1. The Morgan fingerprint density at radius 3 is 2.74 bits per heavy atom. The molecule has 0 aliphatic carbocycles. The second kappa shape index (κ2) is 7.68. The van der Waals surface area contributed by atoms with Crippen LogP contribution in [0.4, 0.5) is 0 Å². The Hall–Kier alpha value is -4.00. The van der Waals surface area contributed by atoms with Crippen LogP contribution in [-0.2, 0) is 16.0 Å². The summed E-state index contributed by atoms with van der Waals surface area (Å²) in [5, 5.41) is 1.04. The van der Waals surface area contributed by atoms with Crippen LogP contribution in [0.15, 0.2) is 61.1 Å². The third-order valence-electron chi connectivity index (χ3n) is 5.44. The van der Waals surface area contributed by atoms with Crippen molar-refractivity contribution in [1.29, 1.82) is 0 Å². The quantitative estimate of drug-likeness (QED) is 0.518. The highest BCUT2D eigenvalue weighted by Gasteiger charge is 2.27. The molecule has 154 valence electrons. The molecule has 0 saturated heterocycles. The van der Waals surface area contributed by atoms with Crippen LogP contribution in [0.5, 0.6) is 0 Å². The van der Waals surface area contributed by atoms with E-state index < -0.39 is 5.97 Å². The van der Waals surface area contributed by atoms with Gasteiger partial charge in [0.05, 0.1) is 28.9 Å². The molecule has 0 radical (unpaired) electrons. The maximum atomic E-state index is 13.3. The smallest absolute Gasteiger partial charge is 0.341 e. The first-order valence-electron chi connectivity index (χ1n) is 10.2. The van der Waals surface area contributed by atoms with Gasteiger partial charge in [-0.3, -0.25) is 14.8 Å². The minimum absolute atomic E-state index is 0.205. The number of benzene rings is 2. The molecule has 0 atom stereocenters. The van der Waals surface area contributed by atoms with Crippen molar-refractivity contribution in [2.75, 3.05) is 13.2 Å². The van der Waals surface area contributed by atoms with Crippen LogP contribution in [0.2, 0.25) is 0 Å². The van der Waals surface area contributed by atoms with Crippen LogP contribution in [0.1, 0.15) is 28.5 Å². The van der Waals surface area contributed by atoms with Crippen molar-refractivity contribution >= 4 is 39.4 Å². The largest absolute Gasteiger partial charge is 0.462 e. The number of aromatic nitrogens is 3. The van der Waals surface area contributed by atoms with Crippen molar-refractivity contribution in [1.82, 2.24) is 19.9 Å². The molecule has 2 aromatic heterocycles. The van der Waals surface area contributed by atoms with E-state index in [1.54, 1.807) is 48.6 Å². The van der Waals surface area contributed by atoms with Gasteiger partial charge in [-0.2, -0.15) is 0 Å². The number of rotatable bonds is 3. The van der Waals surface area contributed by atoms with Gasteiger partial charge in [-0.05, 0) is 43.2 Å². The fourth-order valence-electron chi connectivity index (χ4n) is 3.99. The highest BCUT2D eigenvalue weighted by molar-refractivity contribution is 6.18. The summed E-state index contributed by atoms with van der Waals surface area (Å²) < 4.78 is 5.30. The first-order valence-corrected chi connectivity index (χ1v) is 10.2. The Labute approximate surface area is 178 Å². The fraction of sp³-hybridized carbons (Fsp3) is 0.167. The fourth-order valence-corrected chi connectivity index (χ4v) is 3.99. The molecule has 0 spiro atoms. The lowest BCUT2D eigenvalue weighted by Gasteiger charge is -2.18. The molecule has 2 aromatic carbocycles. The molecule has 0 bridgehead atoms. The van der Waals surface area contributed by atoms with Gasteiger partial charge in [0.25, 0.3) is 5.91 Å². The number of hydrogen-bond donors (Lipinski definition) is 1. The average molecular weight is 412 g/mol. The zero-order valence-electron chi connectivity index (χ0n) is 17.0. The molecular formula is C24H20N4O3. The van der Waals surface area contributed by atoms with Crippen molar-refractivity contribution < 1.29 is 14.3 Å². The number of amides is 1. The van der Waals surface area contributed by atoms with E-state index in [1.165, 1.54) is 0 Å². The van der Waals surface area contributed by atoms with Gasteiger partial charge in [0.1, 0.15) is 0 Å². The molecule has 0 fully saturated rings. The summed E-state index contributed by atoms with van der Waals surface area (Å²) in [5.41, 5.74) is 4.87. The number of ether oxygens (including phenoxy) is 1. The van der Waals surface area contributed by atoms with Crippen molar-refractivity contribution in [3.63, 3.8) is 0 Å². The average Bonchev–Trinajstić information content (AvgIpc) is 3.06. The van der Waals surface area contributed by atoms with Gasteiger partial charge in [-0.25, -0.2) is 4.79 Å². The highest BCUT2D eigenvalue weighted by atomic mass is 16.5. The Kier molecular flexibility index (Phi) is 4.71. The van der Waals surface area contributed by atoms with Crippen LogP contribution >= 0.6 is 0 Å². The lowest BCUT2D eigenvalue weighted by molar-refractivity contribution is -0.136. The van der Waals surface area contributed by atoms with Gasteiger partial charge < -0.3 is 14.6 Å². The monoisotopic (exact) mass is 412 g/mol. The molecule has 0 saturated carbocycles. The Balaban J connectivity index is 1.58. The molecular weight excluding hydrogens is 392 g/mol. The molecule has 4 aromatic rings. The number of carbonyl (C=O) groups excluding carboxylic acids is 2. The number of aromatic amines is 1. The number of carbonyl (C=O) groups is 2. The molecule has 5 rings (SSSR count). The number of para-hydroxylation sites is 1. The number of hydrogen-bond acceptors (Lipinski definition) is 5. The first-order chi connectivity index (χ1) is 15.2. The van der Waals surface area contributed by atoms with Crippen molar-refractivity contribution in [3.05, 3.63) is 77.9 Å². The minimum Gasteiger partial charge on any atom is -0.462 e. The number of H-pyrrole nitrogens is 1. The highest BCUT2D eigenvalue weighted by Crippen LogP contribution is 2.31. The molecule has 31 heavy (non-hydrogen) atoms. The maximum Gasteiger partial charge on any atom is 0.341 e. The Morgan fingerprint density at radius 1 is 1.10 bits per heavy atom. The summed E-state index contributed by atoms with van der Waals surface area (Å²) in [4.78, 5) is 39.6. The van der Waals surface area contributed by atoms with E-state index in [-0.39, 0.29) is 12.5 Å². The predicted octanol–water partition coefficient (Wildman–Crippen LogP) is 3.71. The normalized spacial score (nSPS) is 13.6. The third-order valence-corrected chi connectivity index (χ3v) is 5.44. The van der Waals surface area contributed by atoms with E-state index in [0.29, 0.717) is 35.3 Å². The van der Waals surface area contributed by atoms with Gasteiger partial charge >= 0.3 is 5.97 Å². The summed E-state index contributed by atoms with van der Waals surface area (Å²) >= 11 is 0. The van der Waals surface area contributed by atoms with E-state index in [1.807, 2.05) is 24.3 Å². The molecule has 1 N–H and O–H groups in total. The molecule has 7 heteroatoms. The van der Waals surface area contributed by atoms with Crippen LogP contribution in [0.25, 0.3) is 27.5 Å². The Morgan fingerprint density at radius 2 is 1.90 bits per heavy atom. The molecule has 0 unspecified atom stereocenters. The molecule has 1 amide bonds. The van der Waals surface area contributed by atoms with Crippen LogP contribution in [0, 0.1) is 0 Å². The minimum atomic E-state index is -0.459. The SMILES string of the molecule is CCOC(=O)C1=CN(C(=O)c2ccc3nccnc3c2)CCc2c1[nH]c1ccccc21. The van der Waals surface area contributed by atoms with Gasteiger partial charge in [0.15, 0.2) is 0 Å². The molecule has 1 aliphatic rings. The van der Waals surface area contributed by atoms with E-state index >= 15 is 0 Å². The topological polar surface area (TPSA) is 88.2 Å². The molecule has 3 heterocycles. The Bertz CT molecular complexity index is 1360. The zero-order valence-corrected chi connectivity index (χ0v) is 17.0. The second-order valence-corrected chi connectivity index (χ2v) is 7.30. The summed E-state index contributed by atoms with van der Waals surface area (Å²) in [7, 11) is 0. The lowest BCUT2D eigenvalue weighted by atomic mass is 10.0. The van der Waals surface area contributed by atoms with Gasteiger partial charge in [-0.1, -0.05) is 18.2 Å². The van der Waals surface area contributed by atoms with Crippen LogP contribution in [-0.4, -0.2) is 44.9 Å². The number of nitrogens with one attached hydrogen (secondary N) is 1. The van der Waals surface area contributed by atoms with Crippen molar-refractivity contribution in [2.45, 2.75) is 13.3 Å². The van der Waals surface area contributed by atoms with E-state index in [9.17, 15) is 9.59 Å². The van der Waals surface area contributed by atoms with Gasteiger partial charge in [0.2, 0.25) is 0 Å². The summed E-state index contributed by atoms with van der Waals surface area (Å²) in [6, 6.07) is 13.1. The predicted molar refractivity (Wildman–Crippen MR) is 117 cm³/mol. The second-order valence-electron chi connectivity index (χ2n) is 7.30. The molecule has 7 nitrogen and oxygen atoms in total. The zero-order chi connectivity index (χ0) is 21.4. The number of nitrogens with zero attached hydrogens (tertiary/aromatic N) is 3. The standard InChI is InChI=1S/C24H20N4O3/c1-2-31-24(30)18-14-28(12-9-17-16-5-3-4-6-19(16)27-22(17)18)23(29)15-7-8-20-21(13-15)26-11-10-25-20/h3-8,10-11,13-14,27H,2,9,12H2,1H3. The third kappa shape index (κ3) is 3.34. The lowest BCUT2D eigenvalue weighted by Crippen LogP contribution is -2.28. The summed E-state index contributed by atoms with van der Waals surface area (Å²) in [6.45, 7) is 2.46. The van der Waals surface area contributed by atoms with E-state index in [0.717, 1.165) is 22.0 Å². The maximum absolute atomic E-state index is 13.3. The first kappa shape index (κ1) is 19.0. The van der Waals surface area contributed by atoms with Gasteiger partial charge in [-0.15, -0.1) is 0 Å². The van der Waals surface area contributed by atoms with Crippen molar-refractivity contribution in [3.8, 4) is 0 Å². The number of fused-ring (bicyclic) bond motifs is 4. The van der Waals surface area contributed by atoms with Crippen LogP contribution in [0.3, 0.4) is 0 Å². The van der Waals surface area contributed by atoms with Crippen LogP contribution < -0.4 is 0 Å². The van der Waals surface area contributed by atoms with E-state index in [4.69, 9.17) is 4.74 Å².